The Balaban J connectivity index is 1.97. The quantitative estimate of drug-likeness (QED) is 0.724. The number of morpholine rings is 1. The van der Waals surface area contributed by atoms with Crippen molar-refractivity contribution in [3.05, 3.63) is 30.1 Å². The molecule has 0 unspecified atom stereocenters. The van der Waals surface area contributed by atoms with Crippen LogP contribution in [0.5, 0.6) is 0 Å². The van der Waals surface area contributed by atoms with E-state index in [-0.39, 0.29) is 0 Å². The number of aryl methyl sites for hydroxylation is 1. The fourth-order valence-corrected chi connectivity index (χ4v) is 2.11. The summed E-state index contributed by atoms with van der Waals surface area (Å²) in [5, 5.41) is 4.33. The minimum absolute atomic E-state index is 0.816. The minimum Gasteiger partial charge on any atom is -0.378 e. The van der Waals surface area contributed by atoms with Crippen LogP contribution in [0.4, 0.5) is 5.69 Å². The van der Waals surface area contributed by atoms with Crippen LogP contribution in [0.1, 0.15) is 5.56 Å². The first-order valence-electron chi connectivity index (χ1n) is 5.61. The molecule has 0 aromatic carbocycles. The SMILES string of the molecule is Cc1cnn2cc(N3CCOCC3)ccc12. The highest BCUT2D eigenvalue weighted by atomic mass is 16.5. The largest absolute Gasteiger partial charge is 0.378 e. The van der Waals surface area contributed by atoms with E-state index in [9.17, 15) is 0 Å². The fourth-order valence-electron chi connectivity index (χ4n) is 2.11. The highest BCUT2D eigenvalue weighted by Gasteiger charge is 2.11. The van der Waals surface area contributed by atoms with Crippen LogP contribution in [-0.2, 0) is 4.74 Å². The van der Waals surface area contributed by atoms with E-state index in [1.54, 1.807) is 0 Å². The number of ether oxygens (including phenoxy) is 1. The molecule has 1 saturated heterocycles. The van der Waals surface area contributed by atoms with Crippen molar-refractivity contribution >= 4 is 11.2 Å². The molecule has 0 radical (unpaired) electrons. The topological polar surface area (TPSA) is 29.8 Å². The summed E-state index contributed by atoms with van der Waals surface area (Å²) in [5.74, 6) is 0. The third kappa shape index (κ3) is 1.55. The minimum atomic E-state index is 0.816. The molecule has 2 aromatic heterocycles. The highest BCUT2D eigenvalue weighted by molar-refractivity contribution is 5.58. The van der Waals surface area contributed by atoms with Gasteiger partial charge in [0.1, 0.15) is 0 Å². The van der Waals surface area contributed by atoms with Gasteiger partial charge in [-0.25, -0.2) is 4.52 Å². The second-order valence-corrected chi connectivity index (χ2v) is 4.14. The lowest BCUT2D eigenvalue weighted by molar-refractivity contribution is 0.122. The lowest BCUT2D eigenvalue weighted by Gasteiger charge is -2.28. The van der Waals surface area contributed by atoms with E-state index in [0.717, 1.165) is 26.3 Å². The summed E-state index contributed by atoms with van der Waals surface area (Å²) in [7, 11) is 0. The molecule has 1 aliphatic rings. The molecule has 3 heterocycles. The van der Waals surface area contributed by atoms with E-state index in [2.05, 4.69) is 35.3 Å². The molecule has 2 aromatic rings. The van der Waals surface area contributed by atoms with Gasteiger partial charge in [0.15, 0.2) is 0 Å². The third-order valence-corrected chi connectivity index (χ3v) is 3.07. The van der Waals surface area contributed by atoms with Crippen molar-refractivity contribution in [2.24, 2.45) is 0 Å². The van der Waals surface area contributed by atoms with Crippen molar-refractivity contribution in [1.29, 1.82) is 0 Å². The molecule has 16 heavy (non-hydrogen) atoms. The number of anilines is 1. The van der Waals surface area contributed by atoms with Crippen molar-refractivity contribution in [3.8, 4) is 0 Å². The molecule has 3 rings (SSSR count). The van der Waals surface area contributed by atoms with E-state index in [0.29, 0.717) is 0 Å². The molecule has 0 spiro atoms. The normalized spacial score (nSPS) is 16.9. The summed E-state index contributed by atoms with van der Waals surface area (Å²) in [6.07, 6.45) is 3.99. The number of rotatable bonds is 1. The molecule has 4 heteroatoms. The first kappa shape index (κ1) is 9.66. The average Bonchev–Trinajstić information content (AvgIpc) is 2.72. The van der Waals surface area contributed by atoms with E-state index in [1.165, 1.54) is 16.8 Å². The van der Waals surface area contributed by atoms with Crippen LogP contribution in [0.25, 0.3) is 5.52 Å². The van der Waals surface area contributed by atoms with Crippen LogP contribution in [0, 0.1) is 6.92 Å². The highest BCUT2D eigenvalue weighted by Crippen LogP contribution is 2.18. The summed E-state index contributed by atoms with van der Waals surface area (Å²) in [5.41, 5.74) is 3.62. The van der Waals surface area contributed by atoms with Gasteiger partial charge in [0, 0.05) is 13.1 Å². The molecule has 1 fully saturated rings. The molecule has 0 aliphatic carbocycles. The molecular weight excluding hydrogens is 202 g/mol. The molecule has 84 valence electrons. The Morgan fingerprint density at radius 3 is 2.88 bits per heavy atom. The number of hydrogen-bond acceptors (Lipinski definition) is 3. The maximum absolute atomic E-state index is 5.35. The first-order chi connectivity index (χ1) is 7.84. The number of fused-ring (bicyclic) bond motifs is 1. The maximum atomic E-state index is 5.35. The number of hydrogen-bond donors (Lipinski definition) is 0. The Labute approximate surface area is 94.4 Å². The Bertz CT molecular complexity index is 500. The molecule has 0 saturated carbocycles. The summed E-state index contributed by atoms with van der Waals surface area (Å²) in [6, 6.07) is 4.29. The van der Waals surface area contributed by atoms with Gasteiger partial charge in [0.05, 0.1) is 36.8 Å². The summed E-state index contributed by atoms with van der Waals surface area (Å²) in [6.45, 7) is 5.64. The molecule has 0 bridgehead atoms. The molecule has 4 nitrogen and oxygen atoms in total. The van der Waals surface area contributed by atoms with Crippen LogP contribution in [-0.4, -0.2) is 35.9 Å². The van der Waals surface area contributed by atoms with Gasteiger partial charge in [0.2, 0.25) is 0 Å². The maximum Gasteiger partial charge on any atom is 0.0692 e. The van der Waals surface area contributed by atoms with Crippen molar-refractivity contribution in [1.82, 2.24) is 9.61 Å². The molecule has 0 atom stereocenters. The zero-order valence-electron chi connectivity index (χ0n) is 9.39. The van der Waals surface area contributed by atoms with Crippen LogP contribution in [0.15, 0.2) is 24.5 Å². The zero-order chi connectivity index (χ0) is 11.0. The van der Waals surface area contributed by atoms with E-state index in [1.807, 2.05) is 10.7 Å². The summed E-state index contributed by atoms with van der Waals surface area (Å²) < 4.78 is 7.29. The fraction of sp³-hybridized carbons (Fsp3) is 0.417. The van der Waals surface area contributed by atoms with Crippen LogP contribution in [0.2, 0.25) is 0 Å². The van der Waals surface area contributed by atoms with Crippen molar-refractivity contribution < 1.29 is 4.74 Å². The van der Waals surface area contributed by atoms with Crippen molar-refractivity contribution in [3.63, 3.8) is 0 Å². The molecule has 1 aliphatic heterocycles. The number of nitrogens with zero attached hydrogens (tertiary/aromatic N) is 3. The Kier molecular flexibility index (Phi) is 2.29. The number of pyridine rings is 1. The second kappa shape index (κ2) is 3.79. The Hall–Kier alpha value is -1.55. The van der Waals surface area contributed by atoms with Gasteiger partial charge in [-0.15, -0.1) is 0 Å². The van der Waals surface area contributed by atoms with Gasteiger partial charge in [0.25, 0.3) is 0 Å². The third-order valence-electron chi connectivity index (χ3n) is 3.07. The van der Waals surface area contributed by atoms with Gasteiger partial charge in [-0.1, -0.05) is 0 Å². The van der Waals surface area contributed by atoms with Gasteiger partial charge < -0.3 is 9.64 Å². The van der Waals surface area contributed by atoms with Crippen molar-refractivity contribution in [2.45, 2.75) is 6.92 Å². The average molecular weight is 217 g/mol. The lowest BCUT2D eigenvalue weighted by atomic mass is 10.2. The predicted molar refractivity (Wildman–Crippen MR) is 63.0 cm³/mol. The summed E-state index contributed by atoms with van der Waals surface area (Å²) in [4.78, 5) is 2.33. The lowest BCUT2D eigenvalue weighted by Crippen LogP contribution is -2.36. The molecular formula is C12H15N3O. The smallest absolute Gasteiger partial charge is 0.0692 e. The number of aromatic nitrogens is 2. The van der Waals surface area contributed by atoms with Gasteiger partial charge in [-0.2, -0.15) is 5.10 Å². The monoisotopic (exact) mass is 217 g/mol. The van der Waals surface area contributed by atoms with E-state index in [4.69, 9.17) is 4.74 Å². The second-order valence-electron chi connectivity index (χ2n) is 4.14. The zero-order valence-corrected chi connectivity index (χ0v) is 9.39. The van der Waals surface area contributed by atoms with Crippen LogP contribution in [0.3, 0.4) is 0 Å². The van der Waals surface area contributed by atoms with Gasteiger partial charge >= 0.3 is 0 Å². The predicted octanol–water partition coefficient (Wildman–Crippen LogP) is 1.48. The van der Waals surface area contributed by atoms with Gasteiger partial charge in [-0.05, 0) is 24.6 Å². The van der Waals surface area contributed by atoms with Crippen LogP contribution >= 0.6 is 0 Å². The standard InChI is InChI=1S/C12H15N3O/c1-10-8-13-15-9-11(2-3-12(10)15)14-4-6-16-7-5-14/h2-3,8-9H,4-7H2,1H3. The van der Waals surface area contributed by atoms with E-state index < -0.39 is 0 Å². The first-order valence-corrected chi connectivity index (χ1v) is 5.61. The summed E-state index contributed by atoms with van der Waals surface area (Å²) >= 11 is 0. The molecule has 0 N–H and O–H groups in total. The van der Waals surface area contributed by atoms with E-state index >= 15 is 0 Å². The van der Waals surface area contributed by atoms with Gasteiger partial charge in [-0.3, -0.25) is 0 Å². The van der Waals surface area contributed by atoms with Crippen LogP contribution < -0.4 is 4.90 Å². The van der Waals surface area contributed by atoms with Crippen molar-refractivity contribution in [2.75, 3.05) is 31.2 Å². The molecule has 0 amide bonds. The Morgan fingerprint density at radius 2 is 2.06 bits per heavy atom. The Morgan fingerprint density at radius 1 is 1.25 bits per heavy atom.